The van der Waals surface area contributed by atoms with Gasteiger partial charge in [0, 0.05) is 36.2 Å². The minimum absolute atomic E-state index is 0.0158. The largest absolute Gasteiger partial charge is 0.446 e. The summed E-state index contributed by atoms with van der Waals surface area (Å²) in [5.74, 6) is -2.34. The fourth-order valence-electron chi connectivity index (χ4n) is 6.16. The Morgan fingerprint density at radius 3 is 2.30 bits per heavy atom. The Balaban J connectivity index is 1.09. The number of ether oxygens (including phenoxy) is 1. The van der Waals surface area contributed by atoms with E-state index in [1.54, 1.807) is 53.1 Å². The standard InChI is InChI=1S/C31H41N9O6/c32-14-3-1-2-4-15-35-26(42)22-11-9-21(10-12-22)24(41)20-7-5-19(6-8-20)17-36-29(43)46-18-23-25-31(39-27(33)38-25)30(44,45)13-16-40(31)28(34)37-23/h5-12,23,25,44-45H,1-4,13-18,32H2,(H7,33,34,35,36,37,38,39,42,43)/p+1. The molecule has 3 aliphatic rings. The molecule has 15 heteroatoms. The molecule has 3 atom stereocenters. The molecule has 2 amide bonds. The summed E-state index contributed by atoms with van der Waals surface area (Å²) in [4.78, 5) is 42.2. The molecule has 1 fully saturated rings. The Kier molecular flexibility index (Phi) is 9.74. The van der Waals surface area contributed by atoms with Crippen LogP contribution in [0, 0.1) is 0 Å². The van der Waals surface area contributed by atoms with E-state index in [1.807, 2.05) is 0 Å². The average molecular weight is 637 g/mol. The summed E-state index contributed by atoms with van der Waals surface area (Å²) >= 11 is 0. The summed E-state index contributed by atoms with van der Waals surface area (Å²) in [5, 5.41) is 33.0. The highest BCUT2D eigenvalue weighted by molar-refractivity contribution is 6.09. The number of aliphatic imine (C=N–C) groups is 1. The quantitative estimate of drug-likeness (QED) is 0.0545. The minimum Gasteiger partial charge on any atom is -0.446 e. The van der Waals surface area contributed by atoms with Gasteiger partial charge in [-0.25, -0.2) is 14.4 Å². The molecule has 1 saturated heterocycles. The zero-order chi connectivity index (χ0) is 32.9. The molecule has 0 bridgehead atoms. The van der Waals surface area contributed by atoms with E-state index >= 15 is 0 Å². The summed E-state index contributed by atoms with van der Waals surface area (Å²) in [6.45, 7) is 1.49. The predicted molar refractivity (Wildman–Crippen MR) is 169 cm³/mol. The lowest BCUT2D eigenvalue weighted by Crippen LogP contribution is -2.77. The van der Waals surface area contributed by atoms with Gasteiger partial charge < -0.3 is 42.4 Å². The van der Waals surface area contributed by atoms with Gasteiger partial charge >= 0.3 is 12.1 Å². The van der Waals surface area contributed by atoms with Crippen LogP contribution in [0.5, 0.6) is 0 Å². The van der Waals surface area contributed by atoms with Crippen molar-refractivity contribution < 1.29 is 33.9 Å². The second-order valence-corrected chi connectivity index (χ2v) is 11.7. The molecule has 15 nitrogen and oxygen atoms in total. The monoisotopic (exact) mass is 636 g/mol. The highest BCUT2D eigenvalue weighted by atomic mass is 16.5. The fraction of sp³-hybridized carbons (Fsp3) is 0.452. The van der Waals surface area contributed by atoms with Crippen LogP contribution in [0.25, 0.3) is 0 Å². The fourth-order valence-corrected chi connectivity index (χ4v) is 6.16. The van der Waals surface area contributed by atoms with Gasteiger partial charge in [0.1, 0.15) is 12.6 Å². The van der Waals surface area contributed by atoms with E-state index in [2.05, 4.69) is 26.3 Å². The highest BCUT2D eigenvalue weighted by Gasteiger charge is 2.71. The van der Waals surface area contributed by atoms with Gasteiger partial charge in [0.05, 0.1) is 6.54 Å². The lowest BCUT2D eigenvalue weighted by molar-refractivity contribution is -0.623. The molecule has 5 rings (SSSR count). The van der Waals surface area contributed by atoms with E-state index in [1.165, 1.54) is 0 Å². The van der Waals surface area contributed by atoms with Gasteiger partial charge in [-0.05, 0) is 37.1 Å². The zero-order valence-corrected chi connectivity index (χ0v) is 25.5. The topological polar surface area (TPSA) is 242 Å². The molecule has 246 valence electrons. The third-order valence-electron chi connectivity index (χ3n) is 8.62. The van der Waals surface area contributed by atoms with Crippen LogP contribution in [0.4, 0.5) is 4.79 Å². The first kappa shape index (κ1) is 32.7. The van der Waals surface area contributed by atoms with Crippen molar-refractivity contribution in [1.82, 2.24) is 21.3 Å². The van der Waals surface area contributed by atoms with Crippen molar-refractivity contribution in [2.24, 2.45) is 22.2 Å². The third-order valence-corrected chi connectivity index (χ3v) is 8.62. The second kappa shape index (κ2) is 13.7. The van der Waals surface area contributed by atoms with Gasteiger partial charge in [-0.1, -0.05) is 49.2 Å². The predicted octanol–water partition coefficient (Wildman–Crippen LogP) is -1.24. The number of carbonyl (C=O) groups is 3. The Hall–Kier alpha value is -4.73. The number of aliphatic hydroxyl groups is 2. The summed E-state index contributed by atoms with van der Waals surface area (Å²) in [5.41, 5.74) is 18.2. The molecule has 0 aliphatic carbocycles. The van der Waals surface area contributed by atoms with Crippen LogP contribution >= 0.6 is 0 Å². The smallest absolute Gasteiger partial charge is 0.407 e. The minimum atomic E-state index is -2.17. The van der Waals surface area contributed by atoms with Gasteiger partial charge in [-0.2, -0.15) is 0 Å². The zero-order valence-electron chi connectivity index (χ0n) is 25.5. The van der Waals surface area contributed by atoms with Crippen LogP contribution in [-0.4, -0.2) is 94.3 Å². The molecule has 2 aromatic carbocycles. The Bertz CT molecular complexity index is 1510. The van der Waals surface area contributed by atoms with Crippen molar-refractivity contribution in [2.45, 2.75) is 62.2 Å². The summed E-state index contributed by atoms with van der Waals surface area (Å²) < 4.78 is 6.99. The van der Waals surface area contributed by atoms with Crippen LogP contribution in [-0.2, 0) is 11.3 Å². The number of hydrogen-bond donors (Lipinski definition) is 9. The first-order valence-electron chi connectivity index (χ1n) is 15.4. The molecule has 0 saturated carbocycles. The molecule has 12 N–H and O–H groups in total. The van der Waals surface area contributed by atoms with Crippen LogP contribution in [0.2, 0.25) is 0 Å². The number of nitrogens with one attached hydrogen (secondary N) is 4. The van der Waals surface area contributed by atoms with Crippen LogP contribution in [0.15, 0.2) is 53.5 Å². The Morgan fingerprint density at radius 2 is 1.61 bits per heavy atom. The van der Waals surface area contributed by atoms with Crippen molar-refractivity contribution in [3.63, 3.8) is 0 Å². The number of guanidine groups is 2. The number of unbranched alkanes of at least 4 members (excludes halogenated alkanes) is 3. The maximum absolute atomic E-state index is 13.0. The normalized spacial score (nSPS) is 22.5. The van der Waals surface area contributed by atoms with Gasteiger partial charge in [-0.3, -0.25) is 20.6 Å². The molecule has 3 aliphatic heterocycles. The molecule has 0 radical (unpaired) electrons. The molecular weight excluding hydrogens is 594 g/mol. The third kappa shape index (κ3) is 6.61. The Labute approximate surface area is 266 Å². The van der Waals surface area contributed by atoms with E-state index in [4.69, 9.17) is 21.9 Å². The van der Waals surface area contributed by atoms with Gasteiger partial charge in [0.25, 0.3) is 5.91 Å². The maximum atomic E-state index is 13.0. The van der Waals surface area contributed by atoms with Gasteiger partial charge in [0.15, 0.2) is 17.8 Å². The van der Waals surface area contributed by atoms with Crippen LogP contribution in [0.3, 0.4) is 0 Å². The molecule has 3 heterocycles. The number of hydrogen-bond acceptors (Lipinski definition) is 12. The number of alkyl carbamates (subject to hydrolysis) is 1. The van der Waals surface area contributed by atoms with Crippen LogP contribution in [0.1, 0.15) is 63.9 Å². The van der Waals surface area contributed by atoms with Crippen molar-refractivity contribution >= 4 is 29.7 Å². The van der Waals surface area contributed by atoms with Gasteiger partial charge in [0.2, 0.25) is 11.4 Å². The first-order chi connectivity index (χ1) is 22.1. The SMILES string of the molecule is NCCCCCCNC(=O)c1ccc(C(=O)c2ccc(CNC(=O)OCC3NC(N)=[N+]4CCC(O)(O)C45NC(N)=NC35)cc2)cc1. The van der Waals surface area contributed by atoms with E-state index in [9.17, 15) is 24.6 Å². The maximum Gasteiger partial charge on any atom is 0.407 e. The lowest BCUT2D eigenvalue weighted by atomic mass is 9.87. The molecule has 2 aromatic rings. The molecule has 46 heavy (non-hydrogen) atoms. The molecular formula is C31H42N9O6+. The summed E-state index contributed by atoms with van der Waals surface area (Å²) in [6.07, 6.45) is 3.25. The number of rotatable bonds is 13. The summed E-state index contributed by atoms with van der Waals surface area (Å²) in [7, 11) is 0. The number of benzene rings is 2. The van der Waals surface area contributed by atoms with Crippen molar-refractivity contribution in [1.29, 1.82) is 0 Å². The highest BCUT2D eigenvalue weighted by Crippen LogP contribution is 2.41. The average Bonchev–Trinajstić information content (AvgIpc) is 3.55. The van der Waals surface area contributed by atoms with Crippen molar-refractivity contribution in [2.75, 3.05) is 26.2 Å². The number of nitrogens with two attached hydrogens (primary N) is 3. The Morgan fingerprint density at radius 1 is 0.957 bits per heavy atom. The number of amides is 2. The number of ketones is 1. The number of nitrogens with zero attached hydrogens (tertiary/aromatic N) is 2. The van der Waals surface area contributed by atoms with Crippen molar-refractivity contribution in [3.05, 3.63) is 70.8 Å². The molecule has 1 spiro atoms. The van der Waals surface area contributed by atoms with Crippen molar-refractivity contribution in [3.8, 4) is 0 Å². The van der Waals surface area contributed by atoms with E-state index < -0.39 is 29.6 Å². The first-order valence-corrected chi connectivity index (χ1v) is 15.4. The van der Waals surface area contributed by atoms with E-state index in [0.29, 0.717) is 29.8 Å². The van der Waals surface area contributed by atoms with Gasteiger partial charge in [-0.15, -0.1) is 0 Å². The van der Waals surface area contributed by atoms with E-state index in [0.717, 1.165) is 31.2 Å². The van der Waals surface area contributed by atoms with E-state index in [-0.39, 0.29) is 49.7 Å². The summed E-state index contributed by atoms with van der Waals surface area (Å²) in [6, 6.07) is 11.8. The lowest BCUT2D eigenvalue weighted by Gasteiger charge is -2.42. The second-order valence-electron chi connectivity index (χ2n) is 11.7. The number of carbonyl (C=O) groups excluding carboxylic acids is 3. The molecule has 3 unspecified atom stereocenters. The molecule has 0 aromatic heterocycles. The van der Waals surface area contributed by atoms with Crippen LogP contribution < -0.4 is 38.5 Å².